The maximum atomic E-state index is 11.4. The van der Waals surface area contributed by atoms with Crippen LogP contribution in [0.25, 0.3) is 20.2 Å². The minimum atomic E-state index is -0.799. The smallest absolute Gasteiger partial charge is 0.271 e. The lowest BCUT2D eigenvalue weighted by Crippen LogP contribution is -2.21. The lowest BCUT2D eigenvalue weighted by Gasteiger charge is -2.21. The predicted molar refractivity (Wildman–Crippen MR) is 95.9 cm³/mol. The quantitative estimate of drug-likeness (QED) is 0.703. The zero-order valence-corrected chi connectivity index (χ0v) is 14.3. The first kappa shape index (κ1) is 15.8. The lowest BCUT2D eigenvalue weighted by atomic mass is 10.1. The van der Waals surface area contributed by atoms with Gasteiger partial charge in [0.1, 0.15) is 5.15 Å². The number of fused-ring (bicyclic) bond motifs is 3. The topological polar surface area (TPSA) is 79.5 Å². The molecule has 0 aliphatic carbocycles. The molecule has 1 aromatic carbocycles. The second kappa shape index (κ2) is 5.86. The van der Waals surface area contributed by atoms with E-state index in [4.69, 9.17) is 17.3 Å². The first-order chi connectivity index (χ1) is 11.0. The van der Waals surface area contributed by atoms with Crippen molar-refractivity contribution in [2.75, 3.05) is 18.0 Å². The van der Waals surface area contributed by atoms with E-state index in [1.807, 2.05) is 18.2 Å². The van der Waals surface area contributed by atoms with Crippen molar-refractivity contribution in [2.24, 2.45) is 5.73 Å². The van der Waals surface area contributed by atoms with Gasteiger partial charge in [-0.25, -0.2) is 4.98 Å². The highest BCUT2D eigenvalue weighted by Crippen LogP contribution is 2.44. The zero-order chi connectivity index (χ0) is 16.7. The maximum absolute atomic E-state index is 11.4. The van der Waals surface area contributed by atoms with E-state index >= 15 is 0 Å². The fraction of sp³-hybridized carbons (Fsp3) is 0.250. The first-order valence-corrected chi connectivity index (χ1v) is 8.46. The molecule has 5 nitrogen and oxygen atoms in total. The van der Waals surface area contributed by atoms with Gasteiger partial charge in [0.2, 0.25) is 0 Å². The summed E-state index contributed by atoms with van der Waals surface area (Å²) >= 11 is 7.63. The minimum absolute atomic E-state index is 0.176. The normalized spacial score (nSPS) is 11.3. The Labute approximate surface area is 142 Å². The Balaban J connectivity index is 2.34. The number of hydrogen-bond donors (Lipinski definition) is 2. The Morgan fingerprint density at radius 1 is 1.39 bits per heavy atom. The van der Waals surface area contributed by atoms with Crippen LogP contribution in [0.2, 0.25) is 5.15 Å². The molecule has 0 spiro atoms. The van der Waals surface area contributed by atoms with Gasteiger partial charge in [0.05, 0.1) is 4.70 Å². The van der Waals surface area contributed by atoms with Gasteiger partial charge in [-0.3, -0.25) is 4.79 Å². The summed E-state index contributed by atoms with van der Waals surface area (Å²) in [7, 11) is 0. The number of benzene rings is 1. The number of halogens is 1. The van der Waals surface area contributed by atoms with Gasteiger partial charge in [-0.2, -0.15) is 0 Å². The molecule has 0 unspecified atom stereocenters. The molecule has 0 fully saturated rings. The molecule has 3 aromatic rings. The second-order valence-corrected chi connectivity index (χ2v) is 6.53. The van der Waals surface area contributed by atoms with Crippen LogP contribution in [0.1, 0.15) is 24.3 Å². The van der Waals surface area contributed by atoms with Crippen LogP contribution in [0.4, 0.5) is 5.69 Å². The summed E-state index contributed by atoms with van der Waals surface area (Å²) in [5, 5.41) is 12.0. The van der Waals surface area contributed by atoms with Gasteiger partial charge in [-0.1, -0.05) is 11.6 Å². The Morgan fingerprint density at radius 3 is 2.70 bits per heavy atom. The lowest BCUT2D eigenvalue weighted by molar-refractivity contribution is 0.0993. The number of pyridine rings is 1. The molecule has 0 saturated heterocycles. The molecular weight excluding hydrogens is 334 g/mol. The number of carbonyl (C=O) groups is 1. The minimum Gasteiger partial charge on any atom is -0.504 e. The van der Waals surface area contributed by atoms with Crippen LogP contribution in [0.3, 0.4) is 0 Å². The Bertz CT molecular complexity index is 919. The van der Waals surface area contributed by atoms with Crippen molar-refractivity contribution < 1.29 is 9.90 Å². The largest absolute Gasteiger partial charge is 0.504 e. The number of nitrogens with zero attached hydrogens (tertiary/aromatic N) is 2. The summed E-state index contributed by atoms with van der Waals surface area (Å²) in [4.78, 5) is 17.6. The van der Waals surface area contributed by atoms with E-state index < -0.39 is 5.91 Å². The number of carbonyl (C=O) groups excluding carboxylic acids is 1. The van der Waals surface area contributed by atoms with Crippen LogP contribution >= 0.6 is 22.9 Å². The van der Waals surface area contributed by atoms with E-state index in [1.54, 1.807) is 0 Å². The van der Waals surface area contributed by atoms with Crippen molar-refractivity contribution in [1.29, 1.82) is 0 Å². The molecule has 0 aliphatic rings. The number of aromatic hydroxyl groups is 1. The number of amides is 1. The molecule has 0 radical (unpaired) electrons. The highest BCUT2D eigenvalue weighted by Gasteiger charge is 2.20. The van der Waals surface area contributed by atoms with E-state index in [-0.39, 0.29) is 16.6 Å². The molecular formula is C16H16ClN3O2S. The first-order valence-electron chi connectivity index (χ1n) is 7.27. The summed E-state index contributed by atoms with van der Waals surface area (Å²) in [6, 6.07) is 6.07. The zero-order valence-electron chi connectivity index (χ0n) is 12.8. The van der Waals surface area contributed by atoms with E-state index in [1.165, 1.54) is 11.3 Å². The molecule has 3 N–H and O–H groups in total. The van der Waals surface area contributed by atoms with E-state index in [2.05, 4.69) is 23.7 Å². The van der Waals surface area contributed by atoms with E-state index in [9.17, 15) is 9.90 Å². The van der Waals surface area contributed by atoms with Crippen molar-refractivity contribution >= 4 is 54.7 Å². The van der Waals surface area contributed by atoms with E-state index in [0.29, 0.717) is 10.1 Å². The summed E-state index contributed by atoms with van der Waals surface area (Å²) in [5.41, 5.74) is 6.13. The van der Waals surface area contributed by atoms with Gasteiger partial charge in [0.15, 0.2) is 11.4 Å². The predicted octanol–water partition coefficient (Wildman–Crippen LogP) is 3.75. The summed E-state index contributed by atoms with van der Waals surface area (Å²) in [6.07, 6.45) is 0. The van der Waals surface area contributed by atoms with Gasteiger partial charge in [-0.15, -0.1) is 11.3 Å². The van der Waals surface area contributed by atoms with Crippen LogP contribution in [-0.4, -0.2) is 29.1 Å². The molecule has 0 atom stereocenters. The summed E-state index contributed by atoms with van der Waals surface area (Å²) < 4.78 is 1.50. The van der Waals surface area contributed by atoms with Crippen LogP contribution in [-0.2, 0) is 0 Å². The van der Waals surface area contributed by atoms with Gasteiger partial charge in [-0.05, 0) is 32.0 Å². The van der Waals surface area contributed by atoms with Crippen molar-refractivity contribution in [1.82, 2.24) is 4.98 Å². The van der Waals surface area contributed by atoms with Gasteiger partial charge < -0.3 is 15.7 Å². The molecule has 0 saturated carbocycles. The number of thiophene rings is 1. The Morgan fingerprint density at radius 2 is 2.09 bits per heavy atom. The number of anilines is 1. The number of rotatable bonds is 4. The maximum Gasteiger partial charge on any atom is 0.271 e. The monoisotopic (exact) mass is 349 g/mol. The van der Waals surface area contributed by atoms with Crippen LogP contribution in [0.5, 0.6) is 5.75 Å². The molecule has 0 aliphatic heterocycles. The number of nitrogens with two attached hydrogens (primary N) is 1. The molecule has 23 heavy (non-hydrogen) atoms. The van der Waals surface area contributed by atoms with Crippen LogP contribution < -0.4 is 10.6 Å². The van der Waals surface area contributed by atoms with Crippen molar-refractivity contribution in [2.45, 2.75) is 13.8 Å². The van der Waals surface area contributed by atoms with Crippen molar-refractivity contribution in [3.63, 3.8) is 0 Å². The van der Waals surface area contributed by atoms with Crippen molar-refractivity contribution in [3.8, 4) is 5.75 Å². The molecule has 2 aromatic heterocycles. The fourth-order valence-corrected chi connectivity index (χ4v) is 4.19. The average molecular weight is 350 g/mol. The highest BCUT2D eigenvalue weighted by molar-refractivity contribution is 7.26. The Kier molecular flexibility index (Phi) is 4.04. The molecule has 7 heteroatoms. The third kappa shape index (κ3) is 2.48. The standard InChI is InChI=1S/C16H16ClN3O2S/c1-3-20(4-2)8-5-6-10-9(7-8)11-14(23-10)13(21)12(16(18)22)19-15(11)17/h5-7,21H,3-4H2,1-2H3,(H2,18,22). The molecule has 120 valence electrons. The third-order valence-corrected chi connectivity index (χ3v) is 5.34. The van der Waals surface area contributed by atoms with Gasteiger partial charge in [0.25, 0.3) is 5.91 Å². The molecule has 1 amide bonds. The second-order valence-electron chi connectivity index (χ2n) is 5.12. The van der Waals surface area contributed by atoms with Crippen molar-refractivity contribution in [3.05, 3.63) is 29.0 Å². The number of primary amides is 1. The number of aromatic nitrogens is 1. The summed E-state index contributed by atoms with van der Waals surface area (Å²) in [6.45, 7) is 5.98. The SMILES string of the molecule is CCN(CC)c1ccc2sc3c(O)c(C(N)=O)nc(Cl)c3c2c1. The van der Waals surface area contributed by atoms with Crippen LogP contribution in [0, 0.1) is 0 Å². The summed E-state index contributed by atoms with van der Waals surface area (Å²) in [5.74, 6) is -1.00. The molecule has 2 heterocycles. The van der Waals surface area contributed by atoms with Gasteiger partial charge >= 0.3 is 0 Å². The number of hydrogen-bond acceptors (Lipinski definition) is 5. The highest BCUT2D eigenvalue weighted by atomic mass is 35.5. The Hall–Kier alpha value is -2.05. The molecule has 0 bridgehead atoms. The van der Waals surface area contributed by atoms with Gasteiger partial charge in [0, 0.05) is 34.2 Å². The average Bonchev–Trinajstić information content (AvgIpc) is 2.91. The van der Waals surface area contributed by atoms with Crippen LogP contribution in [0.15, 0.2) is 18.2 Å². The fourth-order valence-electron chi connectivity index (χ4n) is 2.73. The molecule has 3 rings (SSSR count). The third-order valence-electron chi connectivity index (χ3n) is 3.89. The van der Waals surface area contributed by atoms with E-state index in [0.717, 1.165) is 28.9 Å².